The average Bonchev–Trinajstić information content (AvgIpc) is 3.28. The third kappa shape index (κ3) is 3.04. The van der Waals surface area contributed by atoms with Gasteiger partial charge in [-0.05, 0) is 18.9 Å². The molecule has 1 aromatic heterocycles. The van der Waals surface area contributed by atoms with Crippen molar-refractivity contribution in [1.29, 1.82) is 0 Å². The molecule has 1 heterocycles. The number of rotatable bonds is 5. The van der Waals surface area contributed by atoms with Crippen LogP contribution >= 0.6 is 0 Å². The monoisotopic (exact) mass is 287 g/mol. The number of nitrogens with one attached hydrogen (secondary N) is 2. The maximum Gasteiger partial charge on any atom is 0.270 e. The predicted octanol–water partition coefficient (Wildman–Crippen LogP) is 1.23. The fourth-order valence-electron chi connectivity index (χ4n) is 1.97. The minimum absolute atomic E-state index is 0.0391. The summed E-state index contributed by atoms with van der Waals surface area (Å²) in [7, 11) is 0. The summed E-state index contributed by atoms with van der Waals surface area (Å²) in [6.45, 7) is 0.0747. The molecule has 1 saturated carbocycles. The van der Waals surface area contributed by atoms with Gasteiger partial charge in [0.05, 0.1) is 17.0 Å². The minimum Gasteiger partial charge on any atom is -0.360 e. The molecular formula is C13H13N5O3. The number of carbonyl (C=O) groups is 1. The number of fused-ring (bicyclic) bond motifs is 1. The molecule has 0 spiro atoms. The third-order valence-electron chi connectivity index (χ3n) is 3.19. The number of amides is 1. The Kier molecular flexibility index (Phi) is 3.35. The quantitative estimate of drug-likeness (QED) is 0.632. The minimum atomic E-state index is -0.476. The first-order valence-electron chi connectivity index (χ1n) is 6.56. The standard InChI is InChI=1S/C13H13N5O3/c19-12(17-8-1-2-8)6-14-13-10-5-9(18(20)21)3-4-11(10)15-7-16-13/h3-5,7-8H,1-2,6H2,(H,17,19)(H,14,15,16). The molecule has 3 rings (SSSR count). The Hall–Kier alpha value is -2.77. The van der Waals surface area contributed by atoms with Gasteiger partial charge < -0.3 is 10.6 Å². The van der Waals surface area contributed by atoms with Crippen molar-refractivity contribution in [3.63, 3.8) is 0 Å². The van der Waals surface area contributed by atoms with Crippen molar-refractivity contribution in [2.75, 3.05) is 11.9 Å². The molecule has 1 fully saturated rings. The van der Waals surface area contributed by atoms with Crippen LogP contribution in [0.1, 0.15) is 12.8 Å². The fraction of sp³-hybridized carbons (Fsp3) is 0.308. The van der Waals surface area contributed by atoms with Gasteiger partial charge >= 0.3 is 0 Å². The molecule has 1 aliphatic carbocycles. The molecule has 8 nitrogen and oxygen atoms in total. The summed E-state index contributed by atoms with van der Waals surface area (Å²) in [6.07, 6.45) is 3.40. The Balaban J connectivity index is 1.81. The molecule has 1 amide bonds. The summed E-state index contributed by atoms with van der Waals surface area (Å²) in [4.78, 5) is 30.1. The van der Waals surface area contributed by atoms with E-state index in [9.17, 15) is 14.9 Å². The van der Waals surface area contributed by atoms with Gasteiger partial charge in [0.1, 0.15) is 12.1 Å². The highest BCUT2D eigenvalue weighted by molar-refractivity contribution is 5.92. The van der Waals surface area contributed by atoms with Crippen LogP contribution in [-0.4, -0.2) is 33.4 Å². The predicted molar refractivity (Wildman–Crippen MR) is 75.8 cm³/mol. The normalized spacial score (nSPS) is 13.9. The van der Waals surface area contributed by atoms with Gasteiger partial charge in [-0.25, -0.2) is 9.97 Å². The number of aromatic nitrogens is 2. The van der Waals surface area contributed by atoms with Crippen LogP contribution in [0.15, 0.2) is 24.5 Å². The van der Waals surface area contributed by atoms with E-state index >= 15 is 0 Å². The Morgan fingerprint density at radius 2 is 2.19 bits per heavy atom. The van der Waals surface area contributed by atoms with Crippen molar-refractivity contribution in [3.8, 4) is 0 Å². The van der Waals surface area contributed by atoms with Crippen molar-refractivity contribution < 1.29 is 9.72 Å². The van der Waals surface area contributed by atoms with E-state index in [-0.39, 0.29) is 18.1 Å². The zero-order valence-corrected chi connectivity index (χ0v) is 11.1. The lowest BCUT2D eigenvalue weighted by atomic mass is 10.2. The molecule has 108 valence electrons. The first-order valence-corrected chi connectivity index (χ1v) is 6.56. The van der Waals surface area contributed by atoms with Crippen molar-refractivity contribution in [2.24, 2.45) is 0 Å². The van der Waals surface area contributed by atoms with E-state index in [0.717, 1.165) is 12.8 Å². The van der Waals surface area contributed by atoms with Crippen LogP contribution < -0.4 is 10.6 Å². The summed E-state index contributed by atoms with van der Waals surface area (Å²) >= 11 is 0. The summed E-state index contributed by atoms with van der Waals surface area (Å²) in [5.74, 6) is 0.296. The van der Waals surface area contributed by atoms with Crippen LogP contribution in [0.3, 0.4) is 0 Å². The van der Waals surface area contributed by atoms with E-state index < -0.39 is 4.92 Å². The van der Waals surface area contributed by atoms with Gasteiger partial charge in [-0.3, -0.25) is 14.9 Å². The van der Waals surface area contributed by atoms with Crippen LogP contribution in [0.2, 0.25) is 0 Å². The number of benzene rings is 1. The lowest BCUT2D eigenvalue weighted by Crippen LogP contribution is -2.31. The Bertz CT molecular complexity index is 714. The van der Waals surface area contributed by atoms with Crippen LogP contribution in [0.4, 0.5) is 11.5 Å². The average molecular weight is 287 g/mol. The molecule has 2 N–H and O–H groups in total. The van der Waals surface area contributed by atoms with E-state index in [1.165, 1.54) is 18.5 Å². The lowest BCUT2D eigenvalue weighted by Gasteiger charge is -2.08. The molecule has 21 heavy (non-hydrogen) atoms. The largest absolute Gasteiger partial charge is 0.360 e. The first-order chi connectivity index (χ1) is 10.1. The summed E-state index contributed by atoms with van der Waals surface area (Å²) in [6, 6.07) is 4.64. The topological polar surface area (TPSA) is 110 Å². The fourth-order valence-corrected chi connectivity index (χ4v) is 1.97. The number of nitro groups is 1. The number of non-ortho nitro benzene ring substituents is 1. The van der Waals surface area contributed by atoms with E-state index in [1.807, 2.05) is 0 Å². The van der Waals surface area contributed by atoms with Gasteiger partial charge in [-0.15, -0.1) is 0 Å². The third-order valence-corrected chi connectivity index (χ3v) is 3.19. The highest BCUT2D eigenvalue weighted by Gasteiger charge is 2.23. The van der Waals surface area contributed by atoms with E-state index in [1.54, 1.807) is 6.07 Å². The zero-order valence-electron chi connectivity index (χ0n) is 11.1. The number of nitrogens with zero attached hydrogens (tertiary/aromatic N) is 3. The zero-order chi connectivity index (χ0) is 14.8. The SMILES string of the molecule is O=C(CNc1ncnc2ccc([N+](=O)[O-])cc12)NC1CC1. The molecule has 0 bridgehead atoms. The van der Waals surface area contributed by atoms with Crippen LogP contribution in [0.5, 0.6) is 0 Å². The maximum absolute atomic E-state index is 11.7. The molecule has 0 atom stereocenters. The molecule has 0 saturated heterocycles. The van der Waals surface area contributed by atoms with Crippen LogP contribution in [0.25, 0.3) is 10.9 Å². The second kappa shape index (κ2) is 5.31. The van der Waals surface area contributed by atoms with Crippen LogP contribution in [0, 0.1) is 10.1 Å². The Morgan fingerprint density at radius 3 is 2.90 bits per heavy atom. The summed E-state index contributed by atoms with van der Waals surface area (Å²) in [5, 5.41) is 17.1. The molecule has 2 aromatic rings. The molecular weight excluding hydrogens is 274 g/mol. The van der Waals surface area contributed by atoms with Crippen molar-refractivity contribution in [3.05, 3.63) is 34.6 Å². The Morgan fingerprint density at radius 1 is 1.38 bits per heavy atom. The molecule has 0 unspecified atom stereocenters. The molecule has 0 radical (unpaired) electrons. The molecule has 1 aromatic carbocycles. The van der Waals surface area contributed by atoms with E-state index in [2.05, 4.69) is 20.6 Å². The highest BCUT2D eigenvalue weighted by Crippen LogP contribution is 2.24. The molecule has 8 heteroatoms. The molecule has 0 aliphatic heterocycles. The van der Waals surface area contributed by atoms with Gasteiger partial charge in [0, 0.05) is 23.6 Å². The number of hydrogen-bond donors (Lipinski definition) is 2. The summed E-state index contributed by atoms with van der Waals surface area (Å²) < 4.78 is 0. The number of nitro benzene ring substituents is 1. The molecule has 1 aliphatic rings. The van der Waals surface area contributed by atoms with Crippen molar-refractivity contribution >= 4 is 28.3 Å². The Labute approximate surface area is 119 Å². The maximum atomic E-state index is 11.7. The first kappa shape index (κ1) is 13.2. The van der Waals surface area contributed by atoms with Crippen molar-refractivity contribution in [1.82, 2.24) is 15.3 Å². The number of hydrogen-bond acceptors (Lipinski definition) is 6. The number of anilines is 1. The van der Waals surface area contributed by atoms with E-state index in [0.29, 0.717) is 22.8 Å². The van der Waals surface area contributed by atoms with Crippen LogP contribution in [-0.2, 0) is 4.79 Å². The number of carbonyl (C=O) groups excluding carboxylic acids is 1. The second-order valence-corrected chi connectivity index (χ2v) is 4.88. The van der Waals surface area contributed by atoms with E-state index in [4.69, 9.17) is 0 Å². The van der Waals surface area contributed by atoms with Gasteiger partial charge in [0.2, 0.25) is 5.91 Å². The smallest absolute Gasteiger partial charge is 0.270 e. The van der Waals surface area contributed by atoms with Gasteiger partial charge in [0.25, 0.3) is 5.69 Å². The van der Waals surface area contributed by atoms with Gasteiger partial charge in [0.15, 0.2) is 0 Å². The van der Waals surface area contributed by atoms with Gasteiger partial charge in [-0.2, -0.15) is 0 Å². The summed E-state index contributed by atoms with van der Waals surface area (Å²) in [5.41, 5.74) is 0.545. The van der Waals surface area contributed by atoms with Gasteiger partial charge in [-0.1, -0.05) is 0 Å². The lowest BCUT2D eigenvalue weighted by molar-refractivity contribution is -0.384. The second-order valence-electron chi connectivity index (χ2n) is 4.88. The highest BCUT2D eigenvalue weighted by atomic mass is 16.6. The van der Waals surface area contributed by atoms with Crippen molar-refractivity contribution in [2.45, 2.75) is 18.9 Å².